The molecule has 6 nitrogen and oxygen atoms in total. The van der Waals surface area contributed by atoms with E-state index in [0.717, 1.165) is 32.3 Å². The lowest BCUT2D eigenvalue weighted by atomic mass is 9.95. The summed E-state index contributed by atoms with van der Waals surface area (Å²) in [6, 6.07) is -0.112. The van der Waals surface area contributed by atoms with E-state index in [9.17, 15) is 9.59 Å². The van der Waals surface area contributed by atoms with Gasteiger partial charge in [-0.05, 0) is 25.2 Å². The van der Waals surface area contributed by atoms with E-state index in [4.69, 9.17) is 9.84 Å². The first-order chi connectivity index (χ1) is 9.63. The molecule has 1 saturated heterocycles. The number of hydrogen-bond acceptors (Lipinski definition) is 3. The quantitative estimate of drug-likeness (QED) is 0.666. The third-order valence-corrected chi connectivity index (χ3v) is 3.43. The molecule has 0 aromatic rings. The van der Waals surface area contributed by atoms with Crippen LogP contribution >= 0.6 is 0 Å². The van der Waals surface area contributed by atoms with Crippen molar-refractivity contribution in [1.82, 2.24) is 10.2 Å². The fourth-order valence-corrected chi connectivity index (χ4v) is 2.35. The van der Waals surface area contributed by atoms with Gasteiger partial charge in [0.25, 0.3) is 0 Å². The van der Waals surface area contributed by atoms with E-state index in [1.54, 1.807) is 4.90 Å². The van der Waals surface area contributed by atoms with Crippen LogP contribution in [0.5, 0.6) is 0 Å². The molecule has 0 aromatic heterocycles. The first-order valence-corrected chi connectivity index (χ1v) is 7.45. The highest BCUT2D eigenvalue weighted by atomic mass is 16.5. The molecule has 0 aromatic carbocycles. The molecule has 2 N–H and O–H groups in total. The number of carboxylic acid groups (broad SMARTS) is 1. The molecular weight excluding hydrogens is 260 g/mol. The number of rotatable bonds is 8. The van der Waals surface area contributed by atoms with Gasteiger partial charge in [0.1, 0.15) is 0 Å². The van der Waals surface area contributed by atoms with Gasteiger partial charge in [-0.15, -0.1) is 0 Å². The van der Waals surface area contributed by atoms with Crippen LogP contribution in [0.1, 0.15) is 39.0 Å². The number of hydrogen-bond donors (Lipinski definition) is 2. The topological polar surface area (TPSA) is 78.9 Å². The lowest BCUT2D eigenvalue weighted by Crippen LogP contribution is -2.46. The zero-order chi connectivity index (χ0) is 14.8. The molecule has 1 aliphatic heterocycles. The number of carboxylic acids is 1. The smallest absolute Gasteiger partial charge is 0.317 e. The summed E-state index contributed by atoms with van der Waals surface area (Å²) >= 11 is 0. The zero-order valence-electron chi connectivity index (χ0n) is 12.3. The Bertz CT molecular complexity index is 310. The second-order valence-corrected chi connectivity index (χ2v) is 5.25. The van der Waals surface area contributed by atoms with Crippen molar-refractivity contribution in [2.24, 2.45) is 5.92 Å². The molecule has 0 spiro atoms. The van der Waals surface area contributed by atoms with Gasteiger partial charge in [-0.1, -0.05) is 13.3 Å². The summed E-state index contributed by atoms with van der Waals surface area (Å²) in [7, 11) is 0. The number of carbonyl (C=O) groups is 2. The van der Waals surface area contributed by atoms with E-state index in [2.05, 4.69) is 12.2 Å². The number of nitrogens with one attached hydrogen (secondary N) is 1. The molecule has 1 unspecified atom stereocenters. The second kappa shape index (κ2) is 9.58. The number of ether oxygens (including phenoxy) is 1. The Morgan fingerprint density at radius 1 is 1.40 bits per heavy atom. The van der Waals surface area contributed by atoms with Crippen molar-refractivity contribution in [2.75, 3.05) is 32.8 Å². The largest absolute Gasteiger partial charge is 0.481 e. The molecule has 20 heavy (non-hydrogen) atoms. The predicted octanol–water partition coefficient (Wildman–Crippen LogP) is 1.70. The molecule has 6 heteroatoms. The van der Waals surface area contributed by atoms with E-state index in [1.807, 2.05) is 0 Å². The Morgan fingerprint density at radius 2 is 2.20 bits per heavy atom. The average Bonchev–Trinajstić information content (AvgIpc) is 2.42. The third-order valence-electron chi connectivity index (χ3n) is 3.43. The van der Waals surface area contributed by atoms with Gasteiger partial charge in [0.15, 0.2) is 0 Å². The maximum absolute atomic E-state index is 11.9. The standard InChI is InChI=1S/C14H26N2O4/c1-2-3-8-20-9-6-15-14(19)16-7-4-5-12(11-16)10-13(17)18/h12H,2-11H2,1H3,(H,15,19)(H,17,18). The minimum Gasteiger partial charge on any atom is -0.481 e. The fourth-order valence-electron chi connectivity index (χ4n) is 2.35. The van der Waals surface area contributed by atoms with Gasteiger partial charge in [-0.2, -0.15) is 0 Å². The summed E-state index contributed by atoms with van der Waals surface area (Å²) in [5, 5.41) is 11.6. The third kappa shape index (κ3) is 6.75. The fraction of sp³-hybridized carbons (Fsp3) is 0.857. The van der Waals surface area contributed by atoms with Crippen LogP contribution < -0.4 is 5.32 Å². The molecular formula is C14H26N2O4. The summed E-state index contributed by atoms with van der Waals surface area (Å²) in [6.07, 6.45) is 4.04. The second-order valence-electron chi connectivity index (χ2n) is 5.25. The van der Waals surface area contributed by atoms with Crippen LogP contribution in [0.4, 0.5) is 4.79 Å². The van der Waals surface area contributed by atoms with Gasteiger partial charge in [0, 0.05) is 32.7 Å². The summed E-state index contributed by atoms with van der Waals surface area (Å²) in [5.74, 6) is -0.714. The molecule has 1 fully saturated rings. The van der Waals surface area contributed by atoms with Crippen LogP contribution in [0, 0.1) is 5.92 Å². The van der Waals surface area contributed by atoms with Crippen LogP contribution in [-0.4, -0.2) is 54.9 Å². The molecule has 1 aliphatic rings. The van der Waals surface area contributed by atoms with Crippen molar-refractivity contribution in [2.45, 2.75) is 39.0 Å². The van der Waals surface area contributed by atoms with Crippen molar-refractivity contribution in [1.29, 1.82) is 0 Å². The number of likely N-dealkylation sites (tertiary alicyclic amines) is 1. The van der Waals surface area contributed by atoms with Crippen LogP contribution in [0.15, 0.2) is 0 Å². The number of unbranched alkanes of at least 4 members (excludes halogenated alkanes) is 1. The Hall–Kier alpha value is -1.30. The molecule has 116 valence electrons. The van der Waals surface area contributed by atoms with E-state index in [0.29, 0.717) is 26.2 Å². The normalized spacial score (nSPS) is 18.9. The first-order valence-electron chi connectivity index (χ1n) is 7.45. The molecule has 0 aliphatic carbocycles. The van der Waals surface area contributed by atoms with Crippen LogP contribution in [0.2, 0.25) is 0 Å². The molecule has 1 atom stereocenters. The van der Waals surface area contributed by atoms with E-state index in [1.165, 1.54) is 0 Å². The van der Waals surface area contributed by atoms with Crippen LogP contribution in [-0.2, 0) is 9.53 Å². The van der Waals surface area contributed by atoms with E-state index in [-0.39, 0.29) is 18.4 Å². The van der Waals surface area contributed by atoms with Gasteiger partial charge in [-0.25, -0.2) is 4.79 Å². The van der Waals surface area contributed by atoms with Crippen molar-refractivity contribution >= 4 is 12.0 Å². The molecule has 0 saturated carbocycles. The van der Waals surface area contributed by atoms with Crippen LogP contribution in [0.25, 0.3) is 0 Å². The SMILES string of the molecule is CCCCOCCNC(=O)N1CCCC(CC(=O)O)C1. The summed E-state index contributed by atoms with van der Waals surface area (Å²) in [5.41, 5.74) is 0. The van der Waals surface area contributed by atoms with Gasteiger partial charge in [0.05, 0.1) is 6.61 Å². The number of amides is 2. The van der Waals surface area contributed by atoms with Gasteiger partial charge >= 0.3 is 12.0 Å². The minimum atomic E-state index is -0.790. The highest BCUT2D eigenvalue weighted by Gasteiger charge is 2.24. The number of piperidine rings is 1. The minimum absolute atomic E-state index is 0.0767. The number of carbonyl (C=O) groups excluding carboxylic acids is 1. The number of urea groups is 1. The molecule has 0 radical (unpaired) electrons. The molecule has 0 bridgehead atoms. The van der Waals surface area contributed by atoms with Crippen molar-refractivity contribution in [3.05, 3.63) is 0 Å². The average molecular weight is 286 g/mol. The lowest BCUT2D eigenvalue weighted by molar-refractivity contribution is -0.138. The molecule has 1 heterocycles. The van der Waals surface area contributed by atoms with Gasteiger partial charge in [-0.3, -0.25) is 4.79 Å². The Kier molecular flexibility index (Phi) is 8.02. The summed E-state index contributed by atoms with van der Waals surface area (Å²) in [4.78, 5) is 24.3. The highest BCUT2D eigenvalue weighted by molar-refractivity contribution is 5.74. The van der Waals surface area contributed by atoms with Crippen molar-refractivity contribution < 1.29 is 19.4 Å². The van der Waals surface area contributed by atoms with Gasteiger partial charge < -0.3 is 20.1 Å². The summed E-state index contributed by atoms with van der Waals surface area (Å²) in [6.45, 7) is 5.11. The van der Waals surface area contributed by atoms with E-state index < -0.39 is 5.97 Å². The van der Waals surface area contributed by atoms with Crippen molar-refractivity contribution in [3.8, 4) is 0 Å². The lowest BCUT2D eigenvalue weighted by Gasteiger charge is -2.32. The maximum Gasteiger partial charge on any atom is 0.317 e. The zero-order valence-corrected chi connectivity index (χ0v) is 12.3. The van der Waals surface area contributed by atoms with Crippen molar-refractivity contribution in [3.63, 3.8) is 0 Å². The highest BCUT2D eigenvalue weighted by Crippen LogP contribution is 2.19. The Morgan fingerprint density at radius 3 is 2.90 bits per heavy atom. The molecule has 1 rings (SSSR count). The first kappa shape index (κ1) is 16.8. The number of nitrogens with zero attached hydrogens (tertiary/aromatic N) is 1. The number of aliphatic carboxylic acids is 1. The monoisotopic (exact) mass is 286 g/mol. The summed E-state index contributed by atoms with van der Waals surface area (Å²) < 4.78 is 5.37. The van der Waals surface area contributed by atoms with E-state index >= 15 is 0 Å². The Balaban J connectivity index is 2.17. The Labute approximate surface area is 120 Å². The maximum atomic E-state index is 11.9. The van der Waals surface area contributed by atoms with Gasteiger partial charge in [0.2, 0.25) is 0 Å². The molecule has 2 amide bonds. The van der Waals surface area contributed by atoms with Crippen LogP contribution in [0.3, 0.4) is 0 Å². The predicted molar refractivity (Wildman–Crippen MR) is 75.7 cm³/mol.